The van der Waals surface area contributed by atoms with E-state index in [1.807, 2.05) is 0 Å². The first kappa shape index (κ1) is 19.0. The molecule has 0 radical (unpaired) electrons. The zero-order valence-electron chi connectivity index (χ0n) is 14.6. The molecule has 142 valence electrons. The average molecular weight is 391 g/mol. The molecule has 1 atom stereocenters. The number of hydrogen-bond acceptors (Lipinski definition) is 6. The van der Waals surface area contributed by atoms with E-state index in [0.29, 0.717) is 23.1 Å². The molecule has 1 N–H and O–H groups in total. The lowest BCUT2D eigenvalue weighted by molar-refractivity contribution is -0.142. The minimum absolute atomic E-state index is 0.0421. The van der Waals surface area contributed by atoms with Gasteiger partial charge >= 0.3 is 5.97 Å². The van der Waals surface area contributed by atoms with Crippen LogP contribution in [-0.2, 0) is 25.5 Å². The molecule has 7 nitrogen and oxygen atoms in total. The SMILES string of the molecule is CCOC(=O)Cc1csc(NC(=O)C2CC(=O)N(c3ccc(F)cc3)C2)n1. The molecule has 1 fully saturated rings. The molecular weight excluding hydrogens is 373 g/mol. The molecule has 2 amide bonds. The third-order valence-corrected chi connectivity index (χ3v) is 4.85. The standard InChI is InChI=1S/C18H18FN3O4S/c1-2-26-16(24)8-13-10-27-18(20-13)21-17(25)11-7-15(23)22(9-11)14-5-3-12(19)4-6-14/h3-6,10-11H,2,7-9H2,1H3,(H,20,21,25). The van der Waals surface area contributed by atoms with Crippen LogP contribution >= 0.6 is 11.3 Å². The molecular formula is C18H18FN3O4S. The van der Waals surface area contributed by atoms with E-state index in [-0.39, 0.29) is 43.0 Å². The summed E-state index contributed by atoms with van der Waals surface area (Å²) in [4.78, 5) is 41.8. The summed E-state index contributed by atoms with van der Waals surface area (Å²) in [5.41, 5.74) is 1.08. The molecule has 1 aliphatic heterocycles. The van der Waals surface area contributed by atoms with Gasteiger partial charge in [-0.2, -0.15) is 0 Å². The van der Waals surface area contributed by atoms with Crippen LogP contribution in [-0.4, -0.2) is 35.9 Å². The van der Waals surface area contributed by atoms with E-state index in [2.05, 4.69) is 10.3 Å². The van der Waals surface area contributed by atoms with Crippen LogP contribution in [0.5, 0.6) is 0 Å². The highest BCUT2D eigenvalue weighted by molar-refractivity contribution is 7.13. The van der Waals surface area contributed by atoms with Gasteiger partial charge in [0, 0.05) is 24.0 Å². The fourth-order valence-electron chi connectivity index (χ4n) is 2.77. The first-order valence-electron chi connectivity index (χ1n) is 8.43. The number of nitrogens with zero attached hydrogens (tertiary/aromatic N) is 2. The van der Waals surface area contributed by atoms with Crippen molar-refractivity contribution in [1.29, 1.82) is 0 Å². The Morgan fingerprint density at radius 1 is 1.37 bits per heavy atom. The number of amides is 2. The second kappa shape index (κ2) is 8.26. The van der Waals surface area contributed by atoms with Crippen molar-refractivity contribution >= 4 is 39.9 Å². The van der Waals surface area contributed by atoms with Crippen LogP contribution in [0.2, 0.25) is 0 Å². The van der Waals surface area contributed by atoms with Crippen LogP contribution in [0.15, 0.2) is 29.6 Å². The number of thiazole rings is 1. The lowest BCUT2D eigenvalue weighted by Gasteiger charge is -2.16. The highest BCUT2D eigenvalue weighted by Gasteiger charge is 2.35. The smallest absolute Gasteiger partial charge is 0.311 e. The number of carbonyl (C=O) groups excluding carboxylic acids is 3. The highest BCUT2D eigenvalue weighted by atomic mass is 32.1. The van der Waals surface area contributed by atoms with E-state index in [1.165, 1.54) is 40.5 Å². The molecule has 2 heterocycles. The summed E-state index contributed by atoms with van der Waals surface area (Å²) in [7, 11) is 0. The normalized spacial score (nSPS) is 16.4. The van der Waals surface area contributed by atoms with Gasteiger partial charge in [-0.1, -0.05) is 0 Å². The third kappa shape index (κ3) is 4.68. The molecule has 1 aromatic heterocycles. The summed E-state index contributed by atoms with van der Waals surface area (Å²) in [5.74, 6) is -1.80. The number of carbonyl (C=O) groups is 3. The Morgan fingerprint density at radius 2 is 2.11 bits per heavy atom. The van der Waals surface area contributed by atoms with E-state index in [1.54, 1.807) is 12.3 Å². The van der Waals surface area contributed by atoms with Crippen molar-refractivity contribution in [2.75, 3.05) is 23.4 Å². The van der Waals surface area contributed by atoms with E-state index in [9.17, 15) is 18.8 Å². The van der Waals surface area contributed by atoms with Crippen LogP contribution in [0.1, 0.15) is 19.0 Å². The van der Waals surface area contributed by atoms with Gasteiger partial charge in [0.15, 0.2) is 5.13 Å². The first-order chi connectivity index (χ1) is 13.0. The zero-order chi connectivity index (χ0) is 19.4. The van der Waals surface area contributed by atoms with Gasteiger partial charge in [0.05, 0.1) is 24.6 Å². The predicted molar refractivity (Wildman–Crippen MR) is 97.9 cm³/mol. The number of anilines is 2. The maximum atomic E-state index is 13.0. The molecule has 1 aromatic carbocycles. The number of ether oxygens (including phenoxy) is 1. The summed E-state index contributed by atoms with van der Waals surface area (Å²) in [6.45, 7) is 2.24. The van der Waals surface area contributed by atoms with E-state index in [0.717, 1.165) is 0 Å². The van der Waals surface area contributed by atoms with Crippen LogP contribution < -0.4 is 10.2 Å². The predicted octanol–water partition coefficient (Wildman–Crippen LogP) is 2.38. The molecule has 2 aromatic rings. The number of hydrogen-bond donors (Lipinski definition) is 1. The Hall–Kier alpha value is -2.81. The molecule has 0 saturated carbocycles. The van der Waals surface area contributed by atoms with Gasteiger partial charge in [-0.25, -0.2) is 9.37 Å². The first-order valence-corrected chi connectivity index (χ1v) is 9.31. The Labute approximate surface area is 159 Å². The lowest BCUT2D eigenvalue weighted by Crippen LogP contribution is -2.28. The van der Waals surface area contributed by atoms with Crippen LogP contribution in [0.25, 0.3) is 0 Å². The van der Waals surface area contributed by atoms with Gasteiger partial charge in [-0.3, -0.25) is 14.4 Å². The van der Waals surface area contributed by atoms with Crippen molar-refractivity contribution in [2.45, 2.75) is 19.8 Å². The van der Waals surface area contributed by atoms with Crippen molar-refractivity contribution in [2.24, 2.45) is 5.92 Å². The van der Waals surface area contributed by atoms with Gasteiger partial charge in [-0.15, -0.1) is 11.3 Å². The van der Waals surface area contributed by atoms with Crippen molar-refractivity contribution in [3.05, 3.63) is 41.2 Å². The van der Waals surface area contributed by atoms with Crippen molar-refractivity contribution < 1.29 is 23.5 Å². The van der Waals surface area contributed by atoms with Gasteiger partial charge < -0.3 is 15.0 Å². The van der Waals surface area contributed by atoms with E-state index < -0.39 is 5.92 Å². The number of nitrogens with one attached hydrogen (secondary N) is 1. The molecule has 0 spiro atoms. The number of aromatic nitrogens is 1. The Balaban J connectivity index is 1.59. The summed E-state index contributed by atoms with van der Waals surface area (Å²) in [6, 6.07) is 5.57. The molecule has 0 aliphatic carbocycles. The number of benzene rings is 1. The maximum absolute atomic E-state index is 13.0. The number of esters is 1. The van der Waals surface area contributed by atoms with Crippen molar-refractivity contribution in [3.63, 3.8) is 0 Å². The van der Waals surface area contributed by atoms with Crippen LogP contribution in [0.3, 0.4) is 0 Å². The topological polar surface area (TPSA) is 88.6 Å². The maximum Gasteiger partial charge on any atom is 0.311 e. The van der Waals surface area contributed by atoms with Gasteiger partial charge in [-0.05, 0) is 31.2 Å². The fraction of sp³-hybridized carbons (Fsp3) is 0.333. The van der Waals surface area contributed by atoms with Crippen molar-refractivity contribution in [1.82, 2.24) is 4.98 Å². The Kier molecular flexibility index (Phi) is 5.80. The number of halogens is 1. The monoisotopic (exact) mass is 391 g/mol. The summed E-state index contributed by atoms with van der Waals surface area (Å²) in [5, 5.41) is 4.73. The molecule has 9 heteroatoms. The van der Waals surface area contributed by atoms with Gasteiger partial charge in [0.1, 0.15) is 5.82 Å². The molecule has 3 rings (SSSR count). The highest BCUT2D eigenvalue weighted by Crippen LogP contribution is 2.26. The van der Waals surface area contributed by atoms with Crippen LogP contribution in [0, 0.1) is 11.7 Å². The molecule has 1 unspecified atom stereocenters. The fourth-order valence-corrected chi connectivity index (χ4v) is 3.48. The quantitative estimate of drug-likeness (QED) is 0.764. The summed E-state index contributed by atoms with van der Waals surface area (Å²) in [6.07, 6.45) is 0.116. The minimum atomic E-state index is -0.528. The molecule has 1 saturated heterocycles. The number of rotatable bonds is 6. The van der Waals surface area contributed by atoms with Crippen LogP contribution in [0.4, 0.5) is 15.2 Å². The van der Waals surface area contributed by atoms with E-state index >= 15 is 0 Å². The Bertz CT molecular complexity index is 853. The zero-order valence-corrected chi connectivity index (χ0v) is 15.4. The van der Waals surface area contributed by atoms with Crippen molar-refractivity contribution in [3.8, 4) is 0 Å². The Morgan fingerprint density at radius 3 is 2.81 bits per heavy atom. The second-order valence-electron chi connectivity index (χ2n) is 6.00. The molecule has 27 heavy (non-hydrogen) atoms. The largest absolute Gasteiger partial charge is 0.466 e. The average Bonchev–Trinajstić information content (AvgIpc) is 3.22. The second-order valence-corrected chi connectivity index (χ2v) is 6.85. The molecule has 1 aliphatic rings. The molecule has 0 bridgehead atoms. The van der Waals surface area contributed by atoms with Gasteiger partial charge in [0.25, 0.3) is 0 Å². The van der Waals surface area contributed by atoms with E-state index in [4.69, 9.17) is 4.74 Å². The third-order valence-electron chi connectivity index (χ3n) is 4.05. The van der Waals surface area contributed by atoms with Gasteiger partial charge in [0.2, 0.25) is 11.8 Å². The summed E-state index contributed by atoms with van der Waals surface area (Å²) < 4.78 is 17.9. The lowest BCUT2D eigenvalue weighted by atomic mass is 10.1. The minimum Gasteiger partial charge on any atom is -0.466 e. The summed E-state index contributed by atoms with van der Waals surface area (Å²) >= 11 is 1.21.